The average molecular weight is 831 g/mol. The van der Waals surface area contributed by atoms with Gasteiger partial charge in [-0.2, -0.15) is 14.4 Å². The lowest BCUT2D eigenvalue weighted by molar-refractivity contribution is -0.146. The molecule has 1 aromatic carbocycles. The number of hydrogen-bond acceptors (Lipinski definition) is 13. The first-order chi connectivity index (χ1) is 28.0. The molecule has 15 nitrogen and oxygen atoms in total. The minimum atomic E-state index is -4.65. The zero-order valence-corrected chi connectivity index (χ0v) is 34.7. The van der Waals surface area contributed by atoms with Crippen LogP contribution >= 0.6 is 7.75 Å². The maximum absolute atomic E-state index is 14.6. The van der Waals surface area contributed by atoms with Gasteiger partial charge in [-0.3, -0.25) is 18.4 Å². The number of aromatic nitrogens is 4. The summed E-state index contributed by atoms with van der Waals surface area (Å²) >= 11 is 0. The van der Waals surface area contributed by atoms with Crippen LogP contribution in [0.4, 0.5) is 10.2 Å². The Morgan fingerprint density at radius 1 is 1.00 bits per heavy atom. The summed E-state index contributed by atoms with van der Waals surface area (Å²) in [5, 5.41) is 14.0. The van der Waals surface area contributed by atoms with E-state index in [9.17, 15) is 23.7 Å². The number of hydrogen-bond donors (Lipinski definition) is 3. The number of ether oxygens (including phenoxy) is 3. The monoisotopic (exact) mass is 830 g/mol. The van der Waals surface area contributed by atoms with Gasteiger partial charge in [-0.15, -0.1) is 6.42 Å². The average Bonchev–Trinajstić information content (AvgIpc) is 3.79. The summed E-state index contributed by atoms with van der Waals surface area (Å²) in [4.78, 5) is 37.9. The summed E-state index contributed by atoms with van der Waals surface area (Å²) in [7, 11) is -4.65. The predicted octanol–water partition coefficient (Wildman–Crippen LogP) is 7.13. The molecule has 0 aliphatic carbocycles. The molecule has 0 unspecified atom stereocenters. The van der Waals surface area contributed by atoms with Crippen molar-refractivity contribution in [3.05, 3.63) is 48.3 Å². The Bertz CT molecular complexity index is 1810. The zero-order chi connectivity index (χ0) is 41.8. The summed E-state index contributed by atoms with van der Waals surface area (Å²) < 4.78 is 58.7. The standard InChI is InChI=1S/C41H60FN6O9P/c1-4-7-9-11-13-15-20-24-53-35(50)28-55-58(52,47-32(26-31-22-18-17-19-23-31)39(51)54-25-21-16-14-12-10-8-5-2)56-29-41(6-3)33(49)27-34(57-41)48-30-44-36-37(43)45-40(42)46-38(36)48/h3,17-19,22-23,30,32-34,49H,4-5,7-16,20-21,24-29H2,1-2H3,(H,47,52)(H2,43,45,46)/t32-,33-,34+,41+,58+/m0/s1. The number of rotatable bonds is 28. The number of carbonyl (C=O) groups excluding carboxylic acids is 2. The van der Waals surface area contributed by atoms with E-state index >= 15 is 0 Å². The molecule has 4 N–H and O–H groups in total. The van der Waals surface area contributed by atoms with Gasteiger partial charge in [0.2, 0.25) is 0 Å². The lowest BCUT2D eigenvalue weighted by atomic mass is 9.99. The molecule has 2 aromatic heterocycles. The molecule has 0 spiro atoms. The summed E-state index contributed by atoms with van der Waals surface area (Å²) in [6.45, 7) is 3.12. The molecule has 1 fully saturated rings. The number of anilines is 1. The molecule has 0 saturated carbocycles. The number of esters is 2. The number of carbonyl (C=O) groups is 2. The highest BCUT2D eigenvalue weighted by atomic mass is 31.2. The fourth-order valence-corrected chi connectivity index (χ4v) is 8.06. The van der Waals surface area contributed by atoms with Crippen molar-refractivity contribution in [3.63, 3.8) is 0 Å². The first-order valence-electron chi connectivity index (χ1n) is 20.5. The van der Waals surface area contributed by atoms with Gasteiger partial charge in [0.25, 0.3) is 0 Å². The summed E-state index contributed by atoms with van der Waals surface area (Å²) in [5.41, 5.74) is 4.73. The second kappa shape index (κ2) is 24.2. The van der Waals surface area contributed by atoms with E-state index in [1.54, 1.807) is 24.3 Å². The van der Waals surface area contributed by atoms with Crippen molar-refractivity contribution in [3.8, 4) is 12.3 Å². The topological polar surface area (TPSA) is 199 Å². The van der Waals surface area contributed by atoms with E-state index in [1.807, 2.05) is 6.07 Å². The molecule has 5 atom stereocenters. The van der Waals surface area contributed by atoms with E-state index < -0.39 is 63.0 Å². The molecule has 0 bridgehead atoms. The van der Waals surface area contributed by atoms with Crippen LogP contribution in [0, 0.1) is 18.4 Å². The number of halogens is 1. The van der Waals surface area contributed by atoms with Crippen molar-refractivity contribution in [2.75, 3.05) is 32.2 Å². The van der Waals surface area contributed by atoms with Crippen LogP contribution in [-0.4, -0.2) is 80.7 Å². The molecule has 320 valence electrons. The number of aliphatic hydroxyl groups is 1. The molecule has 4 rings (SSSR count). The predicted molar refractivity (Wildman–Crippen MR) is 216 cm³/mol. The van der Waals surface area contributed by atoms with Crippen LogP contribution < -0.4 is 10.8 Å². The first kappa shape index (κ1) is 46.7. The van der Waals surface area contributed by atoms with Crippen LogP contribution in [0.3, 0.4) is 0 Å². The quantitative estimate of drug-likeness (QED) is 0.0220. The van der Waals surface area contributed by atoms with E-state index in [1.165, 1.54) is 30.2 Å². The van der Waals surface area contributed by atoms with Gasteiger partial charge < -0.3 is 25.1 Å². The number of terminal acetylenes is 1. The number of fused-ring (bicyclic) bond motifs is 1. The van der Waals surface area contributed by atoms with Crippen molar-refractivity contribution in [1.29, 1.82) is 0 Å². The number of aliphatic hydroxyl groups excluding tert-OH is 1. The summed E-state index contributed by atoms with van der Waals surface area (Å²) in [5.74, 6) is 0.722. The minimum Gasteiger partial charge on any atom is -0.465 e. The third-order valence-electron chi connectivity index (χ3n) is 9.97. The van der Waals surface area contributed by atoms with Gasteiger partial charge >= 0.3 is 25.8 Å². The third-order valence-corrected chi connectivity index (χ3v) is 11.5. The van der Waals surface area contributed by atoms with Crippen molar-refractivity contribution in [2.24, 2.45) is 0 Å². The van der Waals surface area contributed by atoms with Crippen LogP contribution in [0.25, 0.3) is 11.2 Å². The lowest BCUT2D eigenvalue weighted by Gasteiger charge is -2.30. The van der Waals surface area contributed by atoms with Crippen LogP contribution in [0.5, 0.6) is 0 Å². The number of nitrogens with two attached hydrogens (primary N) is 1. The lowest BCUT2D eigenvalue weighted by Crippen LogP contribution is -2.44. The van der Waals surface area contributed by atoms with Crippen molar-refractivity contribution < 1.29 is 46.9 Å². The Hall–Kier alpha value is -3.97. The Morgan fingerprint density at radius 2 is 1.62 bits per heavy atom. The van der Waals surface area contributed by atoms with Crippen LogP contribution in [-0.2, 0) is 43.8 Å². The summed E-state index contributed by atoms with van der Waals surface area (Å²) in [6.07, 6.45) is 18.0. The van der Waals surface area contributed by atoms with E-state index in [-0.39, 0.29) is 43.0 Å². The fraction of sp³-hybridized carbons (Fsp3) is 0.634. The molecular weight excluding hydrogens is 770 g/mol. The van der Waals surface area contributed by atoms with E-state index in [4.69, 9.17) is 35.4 Å². The second-order valence-corrected chi connectivity index (χ2v) is 16.4. The molecule has 1 aliphatic rings. The van der Waals surface area contributed by atoms with Crippen molar-refractivity contribution in [2.45, 2.75) is 141 Å². The molecule has 0 radical (unpaired) electrons. The van der Waals surface area contributed by atoms with Crippen LogP contribution in [0.15, 0.2) is 36.7 Å². The smallest absolute Gasteiger partial charge is 0.406 e. The second-order valence-electron chi connectivity index (χ2n) is 14.6. The zero-order valence-electron chi connectivity index (χ0n) is 33.8. The highest BCUT2D eigenvalue weighted by Gasteiger charge is 2.50. The van der Waals surface area contributed by atoms with Crippen LogP contribution in [0.1, 0.15) is 122 Å². The van der Waals surface area contributed by atoms with Gasteiger partial charge in [0.1, 0.15) is 25.0 Å². The molecule has 1 saturated heterocycles. The minimum absolute atomic E-state index is 0.000348. The molecule has 3 heterocycles. The number of nitrogens with zero attached hydrogens (tertiary/aromatic N) is 4. The molecule has 58 heavy (non-hydrogen) atoms. The fourth-order valence-electron chi connectivity index (χ4n) is 6.62. The molecule has 17 heteroatoms. The number of imidazole rings is 1. The Labute approximate surface area is 340 Å². The van der Waals surface area contributed by atoms with Gasteiger partial charge in [-0.25, -0.2) is 19.4 Å². The summed E-state index contributed by atoms with van der Waals surface area (Å²) in [6, 6.07) is 7.77. The van der Waals surface area contributed by atoms with E-state index in [0.717, 1.165) is 63.4 Å². The van der Waals surface area contributed by atoms with Gasteiger partial charge in [0.15, 0.2) is 29.2 Å². The van der Waals surface area contributed by atoms with E-state index in [0.29, 0.717) is 12.8 Å². The molecule has 1 aliphatic heterocycles. The SMILES string of the molecule is C#C[C@]1(CO[P@@](=O)(N[C@@H](Cc2ccccc2)C(=O)OCCCCCCCCC)OCC(=O)OCCCCCCCCC)O[C@@H](n2cnc3c(N)nc(F)nc32)C[C@@H]1O. The number of nitrogen functional groups attached to an aromatic ring is 1. The van der Waals surface area contributed by atoms with E-state index in [2.05, 4.69) is 39.8 Å². The number of benzene rings is 1. The molecule has 3 aromatic rings. The molecular formula is C41H60FN6O9P. The highest BCUT2D eigenvalue weighted by Crippen LogP contribution is 2.48. The first-order valence-corrected chi connectivity index (χ1v) is 22.1. The Balaban J connectivity index is 1.49. The van der Waals surface area contributed by atoms with Crippen molar-refractivity contribution >= 4 is 36.7 Å². The Morgan fingerprint density at radius 3 is 2.26 bits per heavy atom. The van der Waals surface area contributed by atoms with Gasteiger partial charge in [-0.1, -0.05) is 127 Å². The Kier molecular flexibility index (Phi) is 19.5. The number of nitrogens with one attached hydrogen (secondary N) is 1. The maximum Gasteiger partial charge on any atom is 0.406 e. The third kappa shape index (κ3) is 14.4. The number of unbranched alkanes of at least 4 members (excludes halogenated alkanes) is 12. The highest BCUT2D eigenvalue weighted by molar-refractivity contribution is 7.51. The van der Waals surface area contributed by atoms with Gasteiger partial charge in [-0.05, 0) is 24.8 Å². The maximum atomic E-state index is 14.6. The molecule has 0 amide bonds. The largest absolute Gasteiger partial charge is 0.465 e. The van der Waals surface area contributed by atoms with Gasteiger partial charge in [0.05, 0.1) is 19.5 Å². The van der Waals surface area contributed by atoms with Gasteiger partial charge in [0, 0.05) is 6.42 Å². The van der Waals surface area contributed by atoms with Crippen molar-refractivity contribution in [1.82, 2.24) is 24.6 Å². The van der Waals surface area contributed by atoms with Crippen LogP contribution in [0.2, 0.25) is 0 Å². The normalized spacial score (nSPS) is 19.4.